The Balaban J connectivity index is 2.81. The molecule has 0 saturated carbocycles. The van der Waals surface area contributed by atoms with Gasteiger partial charge in [-0.25, -0.2) is 0 Å². The highest BCUT2D eigenvalue weighted by Crippen LogP contribution is 2.23. The molecule has 0 bridgehead atoms. The second-order valence-electron chi connectivity index (χ2n) is 2.64. The van der Waals surface area contributed by atoms with Gasteiger partial charge in [0, 0.05) is 4.90 Å². The second-order valence-corrected chi connectivity index (χ2v) is 3.12. The minimum atomic E-state index is 0.605. The molecule has 0 fully saturated rings. The molecule has 1 rings (SSSR count). The second kappa shape index (κ2) is 4.78. The highest BCUT2D eigenvalue weighted by molar-refractivity contribution is 7.80. The third-order valence-electron chi connectivity index (χ3n) is 1.55. The van der Waals surface area contributed by atoms with E-state index in [0.717, 1.165) is 12.2 Å². The topological polar surface area (TPSA) is 33.0 Å². The lowest BCUT2D eigenvalue weighted by molar-refractivity contribution is 0.310. The van der Waals surface area contributed by atoms with Crippen LogP contribution in [-0.4, -0.2) is 6.61 Å². The van der Waals surface area contributed by atoms with Crippen molar-refractivity contribution in [1.29, 1.82) is 5.26 Å². The molecule has 0 atom stereocenters. The quantitative estimate of drug-likeness (QED) is 0.748. The van der Waals surface area contributed by atoms with Gasteiger partial charge in [-0.15, -0.1) is 12.6 Å². The number of hydrogen-bond acceptors (Lipinski definition) is 3. The van der Waals surface area contributed by atoms with E-state index >= 15 is 0 Å². The van der Waals surface area contributed by atoms with Crippen molar-refractivity contribution in [2.45, 2.75) is 18.2 Å². The SMILES string of the molecule is CCCOc1ccc(C#N)cc1S. The van der Waals surface area contributed by atoms with E-state index in [9.17, 15) is 0 Å². The van der Waals surface area contributed by atoms with Gasteiger partial charge in [-0.2, -0.15) is 5.26 Å². The summed E-state index contributed by atoms with van der Waals surface area (Å²) in [6, 6.07) is 7.25. The standard InChI is InChI=1S/C10H11NOS/c1-2-5-12-9-4-3-8(7-11)6-10(9)13/h3-4,6,13H,2,5H2,1H3. The summed E-state index contributed by atoms with van der Waals surface area (Å²) >= 11 is 4.22. The van der Waals surface area contributed by atoms with E-state index in [0.29, 0.717) is 17.1 Å². The predicted octanol–water partition coefficient (Wildman–Crippen LogP) is 2.64. The zero-order chi connectivity index (χ0) is 9.68. The van der Waals surface area contributed by atoms with Crippen LogP contribution in [0.5, 0.6) is 5.75 Å². The fourth-order valence-corrected chi connectivity index (χ4v) is 1.20. The van der Waals surface area contributed by atoms with Crippen LogP contribution >= 0.6 is 12.6 Å². The number of benzene rings is 1. The van der Waals surface area contributed by atoms with Gasteiger partial charge in [0.2, 0.25) is 0 Å². The van der Waals surface area contributed by atoms with E-state index in [1.54, 1.807) is 18.2 Å². The van der Waals surface area contributed by atoms with Gasteiger partial charge in [-0.1, -0.05) is 6.92 Å². The highest BCUT2D eigenvalue weighted by Gasteiger charge is 2.00. The van der Waals surface area contributed by atoms with Gasteiger partial charge in [0.1, 0.15) is 5.75 Å². The Morgan fingerprint density at radius 1 is 1.54 bits per heavy atom. The van der Waals surface area contributed by atoms with Crippen LogP contribution in [0.4, 0.5) is 0 Å². The molecule has 0 aliphatic carbocycles. The molecular formula is C10H11NOS. The van der Waals surface area contributed by atoms with E-state index in [1.165, 1.54) is 0 Å². The van der Waals surface area contributed by atoms with E-state index in [4.69, 9.17) is 10.00 Å². The fraction of sp³-hybridized carbons (Fsp3) is 0.300. The average molecular weight is 193 g/mol. The largest absolute Gasteiger partial charge is 0.492 e. The van der Waals surface area contributed by atoms with Crippen molar-refractivity contribution < 1.29 is 4.74 Å². The monoisotopic (exact) mass is 193 g/mol. The van der Waals surface area contributed by atoms with Crippen LogP contribution in [0.1, 0.15) is 18.9 Å². The minimum Gasteiger partial charge on any atom is -0.492 e. The number of hydrogen-bond donors (Lipinski definition) is 1. The summed E-state index contributed by atoms with van der Waals surface area (Å²) in [5.74, 6) is 0.740. The minimum absolute atomic E-state index is 0.605. The summed E-state index contributed by atoms with van der Waals surface area (Å²) < 4.78 is 5.40. The molecule has 0 aromatic heterocycles. The van der Waals surface area contributed by atoms with Crippen molar-refractivity contribution in [1.82, 2.24) is 0 Å². The van der Waals surface area contributed by atoms with Crippen LogP contribution in [0, 0.1) is 11.3 Å². The molecular weight excluding hydrogens is 182 g/mol. The Bertz CT molecular complexity index is 330. The molecule has 0 amide bonds. The lowest BCUT2D eigenvalue weighted by Gasteiger charge is -2.06. The maximum Gasteiger partial charge on any atom is 0.132 e. The number of rotatable bonds is 3. The molecule has 0 spiro atoms. The average Bonchev–Trinajstić information content (AvgIpc) is 2.16. The number of ether oxygens (including phenoxy) is 1. The molecule has 3 heteroatoms. The first-order valence-electron chi connectivity index (χ1n) is 4.14. The van der Waals surface area contributed by atoms with Gasteiger partial charge in [0.05, 0.1) is 18.2 Å². The van der Waals surface area contributed by atoms with Crippen molar-refractivity contribution in [3.05, 3.63) is 23.8 Å². The molecule has 0 aliphatic rings. The molecule has 0 N–H and O–H groups in total. The number of thiol groups is 1. The molecule has 13 heavy (non-hydrogen) atoms. The van der Waals surface area contributed by atoms with Crippen LogP contribution in [-0.2, 0) is 0 Å². The third kappa shape index (κ3) is 2.67. The Kier molecular flexibility index (Phi) is 3.66. The van der Waals surface area contributed by atoms with Gasteiger partial charge >= 0.3 is 0 Å². The summed E-state index contributed by atoms with van der Waals surface area (Å²) in [6.45, 7) is 2.72. The molecule has 68 valence electrons. The third-order valence-corrected chi connectivity index (χ3v) is 1.90. The van der Waals surface area contributed by atoms with Crippen molar-refractivity contribution in [2.24, 2.45) is 0 Å². The Labute approximate surface area is 83.6 Å². The first-order chi connectivity index (χ1) is 6.27. The normalized spacial score (nSPS) is 9.31. The van der Waals surface area contributed by atoms with Crippen LogP contribution in [0.25, 0.3) is 0 Å². The summed E-state index contributed by atoms with van der Waals surface area (Å²) in [6.07, 6.45) is 0.965. The van der Waals surface area contributed by atoms with Crippen molar-refractivity contribution >= 4 is 12.6 Å². The van der Waals surface area contributed by atoms with Crippen LogP contribution in [0.15, 0.2) is 23.1 Å². The van der Waals surface area contributed by atoms with Crippen molar-refractivity contribution in [3.8, 4) is 11.8 Å². The molecule has 1 aromatic carbocycles. The molecule has 2 nitrogen and oxygen atoms in total. The smallest absolute Gasteiger partial charge is 0.132 e. The zero-order valence-electron chi connectivity index (χ0n) is 7.45. The van der Waals surface area contributed by atoms with E-state index in [2.05, 4.69) is 12.6 Å². The number of nitriles is 1. The van der Waals surface area contributed by atoms with Gasteiger partial charge in [-0.05, 0) is 24.6 Å². The lowest BCUT2D eigenvalue weighted by Crippen LogP contribution is -1.95. The molecule has 1 aromatic rings. The van der Waals surface area contributed by atoms with Gasteiger partial charge in [-0.3, -0.25) is 0 Å². The maximum absolute atomic E-state index is 8.60. The Morgan fingerprint density at radius 3 is 2.85 bits per heavy atom. The van der Waals surface area contributed by atoms with Gasteiger partial charge in [0.15, 0.2) is 0 Å². The molecule has 0 aliphatic heterocycles. The molecule has 0 unspecified atom stereocenters. The van der Waals surface area contributed by atoms with E-state index in [-0.39, 0.29) is 0 Å². The lowest BCUT2D eigenvalue weighted by atomic mass is 10.2. The predicted molar refractivity (Wildman–Crippen MR) is 54.2 cm³/mol. The fourth-order valence-electron chi connectivity index (χ4n) is 0.921. The Hall–Kier alpha value is -1.14. The van der Waals surface area contributed by atoms with E-state index in [1.807, 2.05) is 13.0 Å². The van der Waals surface area contributed by atoms with Crippen molar-refractivity contribution in [3.63, 3.8) is 0 Å². The molecule has 0 radical (unpaired) electrons. The van der Waals surface area contributed by atoms with Gasteiger partial charge in [0.25, 0.3) is 0 Å². The highest BCUT2D eigenvalue weighted by atomic mass is 32.1. The van der Waals surface area contributed by atoms with Gasteiger partial charge < -0.3 is 4.74 Å². The van der Waals surface area contributed by atoms with Crippen LogP contribution in [0.3, 0.4) is 0 Å². The summed E-state index contributed by atoms with van der Waals surface area (Å²) in [5, 5.41) is 8.60. The van der Waals surface area contributed by atoms with Crippen molar-refractivity contribution in [2.75, 3.05) is 6.61 Å². The molecule has 0 heterocycles. The van der Waals surface area contributed by atoms with E-state index < -0.39 is 0 Å². The first kappa shape index (κ1) is 9.94. The first-order valence-corrected chi connectivity index (χ1v) is 4.58. The summed E-state index contributed by atoms with van der Waals surface area (Å²) in [7, 11) is 0. The maximum atomic E-state index is 8.60. The Morgan fingerprint density at radius 2 is 2.31 bits per heavy atom. The van der Waals surface area contributed by atoms with Crippen LogP contribution in [0.2, 0.25) is 0 Å². The summed E-state index contributed by atoms with van der Waals surface area (Å²) in [4.78, 5) is 0.715. The van der Waals surface area contributed by atoms with Crippen LogP contribution < -0.4 is 4.74 Å². The number of nitrogens with zero attached hydrogens (tertiary/aromatic N) is 1. The molecule has 0 saturated heterocycles. The summed E-state index contributed by atoms with van der Waals surface area (Å²) in [5.41, 5.74) is 0.605. The zero-order valence-corrected chi connectivity index (χ0v) is 8.34.